The van der Waals surface area contributed by atoms with Gasteiger partial charge in [-0.15, -0.1) is 0 Å². The molecule has 2 N–H and O–H groups in total. The number of rotatable bonds is 3. The number of fused-ring (bicyclic) bond motifs is 1. The van der Waals surface area contributed by atoms with E-state index in [4.69, 9.17) is 0 Å². The van der Waals surface area contributed by atoms with Crippen molar-refractivity contribution < 1.29 is 5.11 Å². The zero-order valence-electron chi connectivity index (χ0n) is 13.0. The van der Waals surface area contributed by atoms with Gasteiger partial charge in [0.25, 0.3) is 0 Å². The Morgan fingerprint density at radius 1 is 1.05 bits per heavy atom. The van der Waals surface area contributed by atoms with E-state index in [2.05, 4.69) is 35.2 Å². The average molecular weight is 293 g/mol. The number of para-hydroxylation sites is 1. The average Bonchev–Trinajstić information content (AvgIpc) is 2.46. The Kier molecular flexibility index (Phi) is 3.67. The number of aryl methyl sites for hydroxylation is 1. The monoisotopic (exact) mass is 293 g/mol. The summed E-state index contributed by atoms with van der Waals surface area (Å²) in [5.74, 6) is 1.50. The number of anilines is 1. The second kappa shape index (κ2) is 5.64. The van der Waals surface area contributed by atoms with Crippen molar-refractivity contribution in [3.05, 3.63) is 48.0 Å². The van der Waals surface area contributed by atoms with E-state index in [1.165, 1.54) is 0 Å². The maximum Gasteiger partial charge on any atom is 0.165 e. The molecular weight excluding hydrogens is 274 g/mol. The Hall–Kier alpha value is -2.62. The Balaban J connectivity index is 2.25. The van der Waals surface area contributed by atoms with Gasteiger partial charge >= 0.3 is 0 Å². The van der Waals surface area contributed by atoms with Crippen LogP contribution in [0.2, 0.25) is 0 Å². The number of hydrogen-bond donors (Lipinski definition) is 2. The molecule has 0 atom stereocenters. The van der Waals surface area contributed by atoms with Crippen molar-refractivity contribution in [3.63, 3.8) is 0 Å². The van der Waals surface area contributed by atoms with Crippen LogP contribution >= 0.6 is 0 Å². The number of nitrogens with zero attached hydrogens (tertiary/aromatic N) is 2. The van der Waals surface area contributed by atoms with Crippen LogP contribution in [0.15, 0.2) is 42.5 Å². The molecule has 4 nitrogen and oxygen atoms in total. The van der Waals surface area contributed by atoms with Crippen LogP contribution in [0.3, 0.4) is 0 Å². The Morgan fingerprint density at radius 2 is 1.82 bits per heavy atom. The molecule has 2 aromatic carbocycles. The van der Waals surface area contributed by atoms with Crippen molar-refractivity contribution in [2.45, 2.75) is 26.8 Å². The molecule has 3 aromatic rings. The molecule has 0 aliphatic heterocycles. The van der Waals surface area contributed by atoms with E-state index in [1.54, 1.807) is 12.1 Å². The normalized spacial score (nSPS) is 11.1. The summed E-state index contributed by atoms with van der Waals surface area (Å²) in [4.78, 5) is 9.24. The van der Waals surface area contributed by atoms with E-state index in [1.807, 2.05) is 31.2 Å². The van der Waals surface area contributed by atoms with Gasteiger partial charge in [0.1, 0.15) is 11.6 Å². The van der Waals surface area contributed by atoms with Crippen molar-refractivity contribution in [2.24, 2.45) is 0 Å². The largest absolute Gasteiger partial charge is 0.507 e. The zero-order valence-corrected chi connectivity index (χ0v) is 13.0. The van der Waals surface area contributed by atoms with Gasteiger partial charge in [0.2, 0.25) is 0 Å². The lowest BCUT2D eigenvalue weighted by atomic mass is 10.1. The number of nitrogens with one attached hydrogen (secondary N) is 1. The number of phenols is 1. The van der Waals surface area contributed by atoms with E-state index in [9.17, 15) is 5.11 Å². The number of hydrogen-bond acceptors (Lipinski definition) is 4. The van der Waals surface area contributed by atoms with Gasteiger partial charge in [-0.25, -0.2) is 9.97 Å². The summed E-state index contributed by atoms with van der Waals surface area (Å²) in [5, 5.41) is 14.4. The highest BCUT2D eigenvalue weighted by Crippen LogP contribution is 2.30. The lowest BCUT2D eigenvalue weighted by Gasteiger charge is -2.14. The molecule has 112 valence electrons. The number of aromatic nitrogens is 2. The third kappa shape index (κ3) is 2.72. The highest BCUT2D eigenvalue weighted by atomic mass is 16.3. The maximum absolute atomic E-state index is 10.1. The zero-order chi connectivity index (χ0) is 15.7. The molecule has 4 heteroatoms. The van der Waals surface area contributed by atoms with Crippen LogP contribution < -0.4 is 5.32 Å². The van der Waals surface area contributed by atoms with E-state index in [-0.39, 0.29) is 11.8 Å². The molecular formula is C18H19N3O. The van der Waals surface area contributed by atoms with Gasteiger partial charge in [0.15, 0.2) is 5.82 Å². The van der Waals surface area contributed by atoms with Crippen molar-refractivity contribution in [3.8, 4) is 17.1 Å². The molecule has 3 rings (SSSR count). The van der Waals surface area contributed by atoms with E-state index >= 15 is 0 Å². The molecule has 22 heavy (non-hydrogen) atoms. The Labute approximate surface area is 129 Å². The molecule has 0 unspecified atom stereocenters. The van der Waals surface area contributed by atoms with Gasteiger partial charge in [0, 0.05) is 11.4 Å². The van der Waals surface area contributed by atoms with Crippen LogP contribution in [0, 0.1) is 6.92 Å². The maximum atomic E-state index is 10.1. The Bertz CT molecular complexity index is 828. The predicted octanol–water partition coefficient (Wildman–Crippen LogP) is 4.13. The highest BCUT2D eigenvalue weighted by Gasteiger charge is 2.12. The van der Waals surface area contributed by atoms with Crippen molar-refractivity contribution in [2.75, 3.05) is 5.32 Å². The minimum Gasteiger partial charge on any atom is -0.507 e. The van der Waals surface area contributed by atoms with Gasteiger partial charge < -0.3 is 10.4 Å². The number of aromatic hydroxyl groups is 1. The van der Waals surface area contributed by atoms with Crippen LogP contribution in [0.1, 0.15) is 19.4 Å². The van der Waals surface area contributed by atoms with Crippen LogP contribution in [-0.2, 0) is 0 Å². The first-order valence-electron chi connectivity index (χ1n) is 7.38. The van der Waals surface area contributed by atoms with Crippen molar-refractivity contribution >= 4 is 16.7 Å². The molecule has 0 saturated heterocycles. The fourth-order valence-corrected chi connectivity index (χ4v) is 2.41. The second-order valence-electron chi connectivity index (χ2n) is 5.73. The number of benzene rings is 2. The second-order valence-corrected chi connectivity index (χ2v) is 5.73. The first kappa shape index (κ1) is 14.3. The topological polar surface area (TPSA) is 58.0 Å². The first-order valence-corrected chi connectivity index (χ1v) is 7.38. The van der Waals surface area contributed by atoms with Gasteiger partial charge in [-0.3, -0.25) is 0 Å². The van der Waals surface area contributed by atoms with E-state index in [0.717, 1.165) is 22.3 Å². The minimum atomic E-state index is 0.185. The van der Waals surface area contributed by atoms with Crippen molar-refractivity contribution in [1.29, 1.82) is 0 Å². The first-order chi connectivity index (χ1) is 10.5. The molecule has 1 aromatic heterocycles. The number of phenolic OH excluding ortho intramolecular Hbond substituents is 1. The lowest BCUT2D eigenvalue weighted by molar-refractivity contribution is 0.477. The third-order valence-corrected chi connectivity index (χ3v) is 3.42. The molecule has 0 radical (unpaired) electrons. The molecule has 0 saturated carbocycles. The summed E-state index contributed by atoms with van der Waals surface area (Å²) >= 11 is 0. The predicted molar refractivity (Wildman–Crippen MR) is 90.1 cm³/mol. The summed E-state index contributed by atoms with van der Waals surface area (Å²) in [6.07, 6.45) is 0. The van der Waals surface area contributed by atoms with Crippen LogP contribution in [0.4, 0.5) is 5.82 Å². The van der Waals surface area contributed by atoms with Crippen LogP contribution in [0.5, 0.6) is 5.75 Å². The smallest absolute Gasteiger partial charge is 0.165 e. The fourth-order valence-electron chi connectivity index (χ4n) is 2.41. The Morgan fingerprint density at radius 3 is 2.55 bits per heavy atom. The standard InChI is InChI=1S/C18H19N3O/c1-11(2)19-17-13-9-8-12(3)10-15(13)20-18(21-17)14-6-4-5-7-16(14)22/h4-11,22H,1-3H3,(H,19,20,21). The molecule has 1 heterocycles. The SMILES string of the molecule is Cc1ccc2c(NC(C)C)nc(-c3ccccc3O)nc2c1. The van der Waals surface area contributed by atoms with Crippen LogP contribution in [0.25, 0.3) is 22.3 Å². The minimum absolute atomic E-state index is 0.185. The highest BCUT2D eigenvalue weighted by molar-refractivity contribution is 5.91. The van der Waals surface area contributed by atoms with Gasteiger partial charge in [0.05, 0.1) is 11.1 Å². The van der Waals surface area contributed by atoms with Gasteiger partial charge in [-0.05, 0) is 50.6 Å². The molecule has 0 bridgehead atoms. The summed E-state index contributed by atoms with van der Waals surface area (Å²) in [5.41, 5.74) is 2.65. The summed E-state index contributed by atoms with van der Waals surface area (Å²) in [6, 6.07) is 13.5. The molecule has 0 fully saturated rings. The lowest BCUT2D eigenvalue weighted by Crippen LogP contribution is -2.12. The van der Waals surface area contributed by atoms with Crippen LogP contribution in [-0.4, -0.2) is 21.1 Å². The van der Waals surface area contributed by atoms with E-state index < -0.39 is 0 Å². The summed E-state index contributed by atoms with van der Waals surface area (Å²) < 4.78 is 0. The molecule has 0 spiro atoms. The quantitative estimate of drug-likeness (QED) is 0.762. The summed E-state index contributed by atoms with van der Waals surface area (Å²) in [7, 11) is 0. The molecule has 0 aliphatic rings. The van der Waals surface area contributed by atoms with Crippen molar-refractivity contribution in [1.82, 2.24) is 9.97 Å². The molecule has 0 aliphatic carbocycles. The fraction of sp³-hybridized carbons (Fsp3) is 0.222. The van der Waals surface area contributed by atoms with Gasteiger partial charge in [-0.2, -0.15) is 0 Å². The summed E-state index contributed by atoms with van der Waals surface area (Å²) in [6.45, 7) is 6.18. The molecule has 0 amide bonds. The van der Waals surface area contributed by atoms with E-state index in [0.29, 0.717) is 11.4 Å². The third-order valence-electron chi connectivity index (χ3n) is 3.42. The van der Waals surface area contributed by atoms with Gasteiger partial charge in [-0.1, -0.05) is 18.2 Å².